The van der Waals surface area contributed by atoms with Gasteiger partial charge in [-0.05, 0) is 12.5 Å². The number of aromatic amines is 3. The van der Waals surface area contributed by atoms with Crippen LogP contribution in [0.2, 0.25) is 0 Å². The molecule has 116 valence electrons. The number of hydrogen-bond donors (Lipinski definition) is 3. The summed E-state index contributed by atoms with van der Waals surface area (Å²) in [6, 6.07) is 1.26. The number of alkyl halides is 3. The first-order chi connectivity index (χ1) is 10.3. The second-order valence-corrected chi connectivity index (χ2v) is 5.15. The fourth-order valence-corrected chi connectivity index (χ4v) is 2.46. The molecule has 2 atom stereocenters. The molecule has 3 N–H and O–H groups in total. The van der Waals surface area contributed by atoms with Crippen LogP contribution in [0.3, 0.4) is 0 Å². The smallest absolute Gasteiger partial charge is 0.328 e. The molecule has 2 heterocycles. The fraction of sp³-hybridized carbons (Fsp3) is 0.308. The van der Waals surface area contributed by atoms with E-state index in [1.165, 1.54) is 12.3 Å². The summed E-state index contributed by atoms with van der Waals surface area (Å²) in [5.74, 6) is -2.43. The highest BCUT2D eigenvalue weighted by Crippen LogP contribution is 2.55. The van der Waals surface area contributed by atoms with Crippen LogP contribution in [0, 0.1) is 5.92 Å². The van der Waals surface area contributed by atoms with Crippen molar-refractivity contribution in [3.63, 3.8) is 0 Å². The summed E-state index contributed by atoms with van der Waals surface area (Å²) in [4.78, 5) is 41.0. The molecular weight excluding hydrogens is 303 g/mol. The van der Waals surface area contributed by atoms with E-state index >= 15 is 0 Å². The van der Waals surface area contributed by atoms with Gasteiger partial charge in [-0.25, -0.2) is 4.79 Å². The molecule has 1 fully saturated rings. The molecule has 0 aromatic carbocycles. The van der Waals surface area contributed by atoms with Crippen LogP contribution in [-0.2, 0) is 0 Å². The minimum atomic E-state index is -4.34. The lowest BCUT2D eigenvalue weighted by Gasteiger charge is -2.06. The van der Waals surface area contributed by atoms with Gasteiger partial charge in [0.2, 0.25) is 0 Å². The average molecular weight is 313 g/mol. The summed E-state index contributed by atoms with van der Waals surface area (Å²) in [6.45, 7) is 0. The van der Waals surface area contributed by atoms with Crippen molar-refractivity contribution < 1.29 is 13.2 Å². The van der Waals surface area contributed by atoms with Crippen LogP contribution in [0.25, 0.3) is 11.1 Å². The normalized spacial score (nSPS) is 20.9. The predicted molar refractivity (Wildman–Crippen MR) is 70.6 cm³/mol. The van der Waals surface area contributed by atoms with Crippen molar-refractivity contribution in [3.05, 3.63) is 55.2 Å². The van der Waals surface area contributed by atoms with Crippen molar-refractivity contribution in [2.75, 3.05) is 0 Å². The molecular formula is C13H10F3N3O3. The van der Waals surface area contributed by atoms with Gasteiger partial charge in [0.1, 0.15) is 0 Å². The minimum absolute atomic E-state index is 0.00887. The summed E-state index contributed by atoms with van der Waals surface area (Å²) >= 11 is 0. The third kappa shape index (κ3) is 2.49. The molecule has 22 heavy (non-hydrogen) atoms. The number of hydrogen-bond acceptors (Lipinski definition) is 3. The van der Waals surface area contributed by atoms with Crippen molar-refractivity contribution in [2.24, 2.45) is 5.92 Å². The SMILES string of the molecule is O=c1[nH]cc(-c2c[nH]c(=O)c([C@@H]3C[C@H]3C(F)(F)F)c2)c(=O)[nH]1. The molecule has 1 saturated carbocycles. The lowest BCUT2D eigenvalue weighted by molar-refractivity contribution is -0.148. The number of halogens is 3. The minimum Gasteiger partial charge on any atom is -0.328 e. The second-order valence-electron chi connectivity index (χ2n) is 5.15. The second kappa shape index (κ2) is 4.72. The predicted octanol–water partition coefficient (Wildman–Crippen LogP) is 1.08. The third-order valence-electron chi connectivity index (χ3n) is 3.67. The van der Waals surface area contributed by atoms with Gasteiger partial charge in [-0.15, -0.1) is 0 Å². The molecule has 0 radical (unpaired) electrons. The lowest BCUT2D eigenvalue weighted by Crippen LogP contribution is -2.23. The molecule has 0 aliphatic heterocycles. The Morgan fingerprint density at radius 1 is 1.05 bits per heavy atom. The molecule has 0 spiro atoms. The Labute approximate surface area is 120 Å². The zero-order chi connectivity index (χ0) is 16.1. The van der Waals surface area contributed by atoms with Gasteiger partial charge in [0, 0.05) is 29.4 Å². The number of rotatable bonds is 2. The molecule has 0 amide bonds. The average Bonchev–Trinajstić information content (AvgIpc) is 3.20. The van der Waals surface area contributed by atoms with Gasteiger partial charge in [0.25, 0.3) is 11.1 Å². The Hall–Kier alpha value is -2.58. The molecule has 0 unspecified atom stereocenters. The zero-order valence-electron chi connectivity index (χ0n) is 11.0. The van der Waals surface area contributed by atoms with Crippen LogP contribution in [0.1, 0.15) is 17.9 Å². The van der Waals surface area contributed by atoms with E-state index in [1.807, 2.05) is 4.98 Å². The standard InChI is InChI=1S/C13H10F3N3O3/c14-13(15,16)9-2-6(9)7-1-5(3-17-10(7)20)8-4-18-12(22)19-11(8)21/h1,3-4,6,9H,2H2,(H,17,20)(H2,18,19,21,22)/t6-,9+/m0/s1. The molecule has 9 heteroatoms. The van der Waals surface area contributed by atoms with E-state index in [2.05, 4.69) is 9.97 Å². The van der Waals surface area contributed by atoms with Gasteiger partial charge in [0.15, 0.2) is 0 Å². The molecule has 2 aromatic heterocycles. The van der Waals surface area contributed by atoms with Crippen molar-refractivity contribution >= 4 is 0 Å². The van der Waals surface area contributed by atoms with Crippen LogP contribution in [0.15, 0.2) is 32.8 Å². The first-order valence-electron chi connectivity index (χ1n) is 6.39. The summed E-state index contributed by atoms with van der Waals surface area (Å²) in [7, 11) is 0. The van der Waals surface area contributed by atoms with Crippen molar-refractivity contribution in [3.8, 4) is 11.1 Å². The quantitative estimate of drug-likeness (QED) is 0.774. The molecule has 0 bridgehead atoms. The summed E-state index contributed by atoms with van der Waals surface area (Å²) in [6.07, 6.45) is -2.12. The number of H-pyrrole nitrogens is 3. The Morgan fingerprint density at radius 3 is 2.36 bits per heavy atom. The summed E-state index contributed by atoms with van der Waals surface area (Å²) in [5, 5.41) is 0. The molecule has 3 rings (SSSR count). The third-order valence-corrected chi connectivity index (χ3v) is 3.67. The van der Waals surface area contributed by atoms with Crippen LogP contribution in [-0.4, -0.2) is 21.1 Å². The topological polar surface area (TPSA) is 98.6 Å². The molecule has 6 nitrogen and oxygen atoms in total. The molecule has 0 saturated heterocycles. The largest absolute Gasteiger partial charge is 0.392 e. The van der Waals surface area contributed by atoms with Gasteiger partial charge in [-0.1, -0.05) is 0 Å². The highest BCUT2D eigenvalue weighted by atomic mass is 19.4. The van der Waals surface area contributed by atoms with Crippen LogP contribution in [0.5, 0.6) is 0 Å². The van der Waals surface area contributed by atoms with E-state index in [1.54, 1.807) is 0 Å². The highest BCUT2D eigenvalue weighted by molar-refractivity contribution is 5.61. The van der Waals surface area contributed by atoms with E-state index in [9.17, 15) is 27.6 Å². The first-order valence-corrected chi connectivity index (χ1v) is 6.39. The van der Waals surface area contributed by atoms with E-state index in [4.69, 9.17) is 0 Å². The van der Waals surface area contributed by atoms with Gasteiger partial charge >= 0.3 is 11.9 Å². The Morgan fingerprint density at radius 2 is 1.77 bits per heavy atom. The van der Waals surface area contributed by atoms with Gasteiger partial charge in [0.05, 0.1) is 11.5 Å². The fourth-order valence-electron chi connectivity index (χ4n) is 2.46. The summed E-state index contributed by atoms with van der Waals surface area (Å²) < 4.78 is 37.9. The van der Waals surface area contributed by atoms with Gasteiger partial charge in [-0.2, -0.15) is 13.2 Å². The van der Waals surface area contributed by atoms with Crippen LogP contribution in [0.4, 0.5) is 13.2 Å². The Balaban J connectivity index is 2.03. The van der Waals surface area contributed by atoms with Crippen molar-refractivity contribution in [1.82, 2.24) is 15.0 Å². The van der Waals surface area contributed by atoms with Gasteiger partial charge < -0.3 is 9.97 Å². The van der Waals surface area contributed by atoms with E-state index in [-0.39, 0.29) is 23.1 Å². The monoisotopic (exact) mass is 313 g/mol. The van der Waals surface area contributed by atoms with Crippen molar-refractivity contribution in [2.45, 2.75) is 18.5 Å². The van der Waals surface area contributed by atoms with E-state index in [0.29, 0.717) is 0 Å². The Kier molecular flexibility index (Phi) is 3.08. The zero-order valence-corrected chi connectivity index (χ0v) is 11.0. The molecule has 2 aromatic rings. The van der Waals surface area contributed by atoms with Crippen LogP contribution < -0.4 is 16.8 Å². The van der Waals surface area contributed by atoms with E-state index in [0.717, 1.165) is 6.20 Å². The number of nitrogens with one attached hydrogen (secondary N) is 3. The van der Waals surface area contributed by atoms with Crippen LogP contribution >= 0.6 is 0 Å². The van der Waals surface area contributed by atoms with Gasteiger partial charge in [-0.3, -0.25) is 14.6 Å². The molecule has 1 aliphatic rings. The summed E-state index contributed by atoms with van der Waals surface area (Å²) in [5.41, 5.74) is -1.71. The molecule has 1 aliphatic carbocycles. The maximum atomic E-state index is 12.6. The van der Waals surface area contributed by atoms with E-state index < -0.39 is 34.8 Å². The lowest BCUT2D eigenvalue weighted by atomic mass is 10.1. The number of pyridine rings is 1. The highest BCUT2D eigenvalue weighted by Gasteiger charge is 2.56. The maximum Gasteiger partial charge on any atom is 0.392 e. The Bertz CT molecular complexity index is 894. The number of aromatic nitrogens is 3. The van der Waals surface area contributed by atoms with Crippen molar-refractivity contribution in [1.29, 1.82) is 0 Å². The maximum absolute atomic E-state index is 12.6. The first kappa shape index (κ1) is 14.4.